The van der Waals surface area contributed by atoms with Crippen molar-refractivity contribution in [2.45, 2.75) is 18.4 Å². The standard InChI is InChI=1S/C10H9F6NO/c11-9(12,13)5-1-2-6(8(17)4-18)7(3-5)10(14,15)16/h1-3,8,18H,4,17H2. The molecule has 0 bridgehead atoms. The van der Waals surface area contributed by atoms with Crippen molar-refractivity contribution in [1.82, 2.24) is 0 Å². The summed E-state index contributed by atoms with van der Waals surface area (Å²) in [7, 11) is 0. The van der Waals surface area contributed by atoms with Crippen LogP contribution in [0.5, 0.6) is 0 Å². The van der Waals surface area contributed by atoms with E-state index in [9.17, 15) is 26.3 Å². The van der Waals surface area contributed by atoms with E-state index < -0.39 is 41.7 Å². The summed E-state index contributed by atoms with van der Waals surface area (Å²) in [4.78, 5) is 0. The average Bonchev–Trinajstić information content (AvgIpc) is 2.24. The van der Waals surface area contributed by atoms with Crippen LogP contribution in [0.1, 0.15) is 22.7 Å². The molecule has 0 fully saturated rings. The van der Waals surface area contributed by atoms with E-state index in [1.165, 1.54) is 0 Å². The first kappa shape index (κ1) is 14.8. The maximum atomic E-state index is 12.6. The highest BCUT2D eigenvalue weighted by molar-refractivity contribution is 5.37. The number of rotatable bonds is 2. The molecule has 0 aliphatic rings. The highest BCUT2D eigenvalue weighted by atomic mass is 19.4. The van der Waals surface area contributed by atoms with Crippen LogP contribution in [0.3, 0.4) is 0 Å². The Morgan fingerprint density at radius 2 is 1.61 bits per heavy atom. The lowest BCUT2D eigenvalue weighted by Crippen LogP contribution is -2.21. The minimum absolute atomic E-state index is 0.00907. The maximum absolute atomic E-state index is 12.6. The number of aliphatic hydroxyl groups excluding tert-OH is 1. The number of hydrogen-bond donors (Lipinski definition) is 2. The molecule has 1 atom stereocenters. The zero-order chi connectivity index (χ0) is 14.1. The molecule has 0 spiro atoms. The van der Waals surface area contributed by atoms with Gasteiger partial charge in [0.1, 0.15) is 0 Å². The van der Waals surface area contributed by atoms with E-state index in [0.29, 0.717) is 12.1 Å². The van der Waals surface area contributed by atoms with E-state index in [1.54, 1.807) is 0 Å². The number of nitrogens with two attached hydrogens (primary N) is 1. The second-order valence-electron chi connectivity index (χ2n) is 3.59. The van der Waals surface area contributed by atoms with Crippen LogP contribution < -0.4 is 5.73 Å². The van der Waals surface area contributed by atoms with Crippen LogP contribution in [0, 0.1) is 0 Å². The molecule has 3 N–H and O–H groups in total. The topological polar surface area (TPSA) is 46.2 Å². The third kappa shape index (κ3) is 3.14. The molecule has 0 radical (unpaired) electrons. The van der Waals surface area contributed by atoms with Crippen molar-refractivity contribution in [1.29, 1.82) is 0 Å². The highest BCUT2D eigenvalue weighted by Gasteiger charge is 2.38. The Morgan fingerprint density at radius 3 is 2.00 bits per heavy atom. The lowest BCUT2D eigenvalue weighted by atomic mass is 9.98. The summed E-state index contributed by atoms with van der Waals surface area (Å²) in [5, 5.41) is 8.69. The smallest absolute Gasteiger partial charge is 0.394 e. The lowest BCUT2D eigenvalue weighted by Gasteiger charge is -2.18. The molecule has 0 saturated heterocycles. The van der Waals surface area contributed by atoms with E-state index in [1.807, 2.05) is 0 Å². The van der Waals surface area contributed by atoms with Gasteiger partial charge in [-0.1, -0.05) is 6.07 Å². The zero-order valence-corrected chi connectivity index (χ0v) is 8.81. The summed E-state index contributed by atoms with van der Waals surface area (Å²) in [6.07, 6.45) is -9.84. The number of halogens is 6. The predicted octanol–water partition coefficient (Wildman–Crippen LogP) is 2.72. The second kappa shape index (κ2) is 4.77. The van der Waals surface area contributed by atoms with Crippen LogP contribution >= 0.6 is 0 Å². The van der Waals surface area contributed by atoms with Crippen LogP contribution in [0.15, 0.2) is 18.2 Å². The van der Waals surface area contributed by atoms with Gasteiger partial charge in [-0.2, -0.15) is 26.3 Å². The van der Waals surface area contributed by atoms with Gasteiger partial charge in [0.25, 0.3) is 0 Å². The molecule has 2 nitrogen and oxygen atoms in total. The normalized spacial score (nSPS) is 14.7. The van der Waals surface area contributed by atoms with Gasteiger partial charge in [-0.25, -0.2) is 0 Å². The summed E-state index contributed by atoms with van der Waals surface area (Å²) >= 11 is 0. The first-order chi connectivity index (χ1) is 8.07. The zero-order valence-electron chi connectivity index (χ0n) is 8.81. The van der Waals surface area contributed by atoms with E-state index in [2.05, 4.69) is 0 Å². The van der Waals surface area contributed by atoms with Gasteiger partial charge in [-0.3, -0.25) is 0 Å². The van der Waals surface area contributed by atoms with Gasteiger partial charge in [0.2, 0.25) is 0 Å². The van der Waals surface area contributed by atoms with Crippen molar-refractivity contribution >= 4 is 0 Å². The summed E-state index contributed by atoms with van der Waals surface area (Å²) in [5.74, 6) is 0. The van der Waals surface area contributed by atoms with Crippen molar-refractivity contribution in [2.24, 2.45) is 5.73 Å². The minimum Gasteiger partial charge on any atom is -0.394 e. The maximum Gasteiger partial charge on any atom is 0.416 e. The molecule has 1 rings (SSSR count). The largest absolute Gasteiger partial charge is 0.416 e. The summed E-state index contributed by atoms with van der Waals surface area (Å²) < 4.78 is 74.8. The van der Waals surface area contributed by atoms with Crippen molar-refractivity contribution in [3.8, 4) is 0 Å². The average molecular weight is 273 g/mol. The predicted molar refractivity (Wildman–Crippen MR) is 50.5 cm³/mol. The van der Waals surface area contributed by atoms with Crippen molar-refractivity contribution in [2.75, 3.05) is 6.61 Å². The Morgan fingerprint density at radius 1 is 1.06 bits per heavy atom. The summed E-state index contributed by atoms with van der Waals surface area (Å²) in [5.41, 5.74) is 1.75. The van der Waals surface area contributed by atoms with Gasteiger partial charge in [0, 0.05) is 0 Å². The molecule has 1 aromatic rings. The van der Waals surface area contributed by atoms with Crippen molar-refractivity contribution < 1.29 is 31.4 Å². The Kier molecular flexibility index (Phi) is 3.92. The Balaban J connectivity index is 3.40. The van der Waals surface area contributed by atoms with E-state index in [-0.39, 0.29) is 6.07 Å². The third-order valence-corrected chi connectivity index (χ3v) is 2.28. The van der Waals surface area contributed by atoms with Crippen LogP contribution in [-0.4, -0.2) is 11.7 Å². The Hall–Kier alpha value is -1.28. The quantitative estimate of drug-likeness (QED) is 0.814. The van der Waals surface area contributed by atoms with E-state index in [4.69, 9.17) is 10.8 Å². The van der Waals surface area contributed by atoms with Gasteiger partial charge in [0.05, 0.1) is 23.8 Å². The fourth-order valence-corrected chi connectivity index (χ4v) is 1.40. The van der Waals surface area contributed by atoms with Crippen LogP contribution in [0.25, 0.3) is 0 Å². The molecule has 18 heavy (non-hydrogen) atoms. The van der Waals surface area contributed by atoms with Gasteiger partial charge < -0.3 is 10.8 Å². The molecule has 1 unspecified atom stereocenters. The Bertz CT molecular complexity index is 425. The van der Waals surface area contributed by atoms with Crippen molar-refractivity contribution in [3.63, 3.8) is 0 Å². The second-order valence-corrected chi connectivity index (χ2v) is 3.59. The highest BCUT2D eigenvalue weighted by Crippen LogP contribution is 2.38. The first-order valence-corrected chi connectivity index (χ1v) is 4.72. The molecule has 1 aromatic carbocycles. The molecule has 0 aliphatic carbocycles. The van der Waals surface area contributed by atoms with Gasteiger partial charge in [-0.15, -0.1) is 0 Å². The van der Waals surface area contributed by atoms with Gasteiger partial charge in [0.15, 0.2) is 0 Å². The number of hydrogen-bond acceptors (Lipinski definition) is 2. The molecule has 0 aliphatic heterocycles. The summed E-state index contributed by atoms with van der Waals surface area (Å²) in [6.45, 7) is -0.797. The number of alkyl halides is 6. The van der Waals surface area contributed by atoms with Crippen LogP contribution in [0.4, 0.5) is 26.3 Å². The fraction of sp³-hybridized carbons (Fsp3) is 0.400. The van der Waals surface area contributed by atoms with Gasteiger partial charge >= 0.3 is 12.4 Å². The first-order valence-electron chi connectivity index (χ1n) is 4.72. The van der Waals surface area contributed by atoms with E-state index >= 15 is 0 Å². The van der Waals surface area contributed by atoms with Gasteiger partial charge in [-0.05, 0) is 17.7 Å². The molecule has 102 valence electrons. The fourth-order valence-electron chi connectivity index (χ4n) is 1.40. The molecule has 0 amide bonds. The van der Waals surface area contributed by atoms with Crippen molar-refractivity contribution in [3.05, 3.63) is 34.9 Å². The van der Waals surface area contributed by atoms with E-state index in [0.717, 1.165) is 0 Å². The number of aliphatic hydroxyl groups is 1. The number of benzene rings is 1. The molecular weight excluding hydrogens is 264 g/mol. The molecule has 8 heteroatoms. The molecule has 0 aromatic heterocycles. The minimum atomic E-state index is -4.97. The monoisotopic (exact) mass is 273 g/mol. The molecule has 0 heterocycles. The van der Waals surface area contributed by atoms with Crippen LogP contribution in [-0.2, 0) is 12.4 Å². The molecule has 0 saturated carbocycles. The summed E-state index contributed by atoms with van der Waals surface area (Å²) in [6, 6.07) is -0.263. The lowest BCUT2D eigenvalue weighted by molar-refractivity contribution is -0.143. The molecular formula is C10H9F6NO. The Labute approximate surface area is 98.0 Å². The van der Waals surface area contributed by atoms with Crippen LogP contribution in [0.2, 0.25) is 0 Å². The SMILES string of the molecule is NC(CO)c1ccc(C(F)(F)F)cc1C(F)(F)F. The third-order valence-electron chi connectivity index (χ3n) is 2.28.